The highest BCUT2D eigenvalue weighted by molar-refractivity contribution is 9.10. The van der Waals surface area contributed by atoms with E-state index >= 15 is 0 Å². The van der Waals surface area contributed by atoms with Crippen molar-refractivity contribution in [2.45, 2.75) is 5.33 Å². The standard InChI is InChI=1S/C26H27Br2FO8/c1-32-24(30)16-35-7-6-33-4-5-34-8-9-36-23-13-17(2-3-22(23)29)10-19-15-37-26-20(25(19)31)11-18(14-27)12-21(26)28/h2-3,10-13H,4-9,14-16H2,1H3/b19-10+. The lowest BCUT2D eigenvalue weighted by Crippen LogP contribution is -2.19. The number of hydrogen-bond donors (Lipinski definition) is 0. The van der Waals surface area contributed by atoms with Crippen LogP contribution in [0.4, 0.5) is 4.39 Å². The summed E-state index contributed by atoms with van der Waals surface area (Å²) < 4.78 is 46.6. The molecule has 2 aromatic carbocycles. The normalized spacial score (nSPS) is 13.8. The SMILES string of the molecule is COC(=O)COCCOCCOCCOc1cc(/C=C2\COc3c(Br)cc(CBr)cc3C2=O)ccc1F. The maximum atomic E-state index is 14.3. The summed E-state index contributed by atoms with van der Waals surface area (Å²) in [5.41, 5.74) is 2.50. The van der Waals surface area contributed by atoms with E-state index in [4.69, 9.17) is 23.7 Å². The van der Waals surface area contributed by atoms with E-state index in [1.807, 2.05) is 6.07 Å². The molecule has 2 aromatic rings. The molecule has 0 fully saturated rings. The van der Waals surface area contributed by atoms with E-state index in [0.717, 1.165) is 10.0 Å². The quantitative estimate of drug-likeness (QED) is 0.126. The highest BCUT2D eigenvalue weighted by atomic mass is 79.9. The van der Waals surface area contributed by atoms with Crippen LogP contribution in [0.25, 0.3) is 6.08 Å². The fourth-order valence-corrected chi connectivity index (χ4v) is 4.27. The number of halogens is 3. The summed E-state index contributed by atoms with van der Waals surface area (Å²) in [6.45, 7) is 1.62. The summed E-state index contributed by atoms with van der Waals surface area (Å²) in [7, 11) is 1.29. The zero-order valence-electron chi connectivity index (χ0n) is 20.2. The van der Waals surface area contributed by atoms with Gasteiger partial charge in [0.1, 0.15) is 25.6 Å². The van der Waals surface area contributed by atoms with Gasteiger partial charge in [-0.2, -0.15) is 0 Å². The minimum atomic E-state index is -0.514. The predicted octanol–water partition coefficient (Wildman–Crippen LogP) is 4.74. The summed E-state index contributed by atoms with van der Waals surface area (Å²) in [4.78, 5) is 24.0. The number of hydrogen-bond acceptors (Lipinski definition) is 8. The Balaban J connectivity index is 1.45. The molecule has 0 aromatic heterocycles. The van der Waals surface area contributed by atoms with Crippen LogP contribution >= 0.6 is 31.9 Å². The lowest BCUT2D eigenvalue weighted by Gasteiger charge is -2.21. The third kappa shape index (κ3) is 8.89. The van der Waals surface area contributed by atoms with Gasteiger partial charge in [0.15, 0.2) is 17.3 Å². The fraction of sp³-hybridized carbons (Fsp3) is 0.385. The second-order valence-corrected chi connectivity index (χ2v) is 9.18. The molecular weight excluding hydrogens is 619 g/mol. The average Bonchev–Trinajstić information content (AvgIpc) is 2.90. The van der Waals surface area contributed by atoms with Gasteiger partial charge in [0.2, 0.25) is 0 Å². The molecule has 3 rings (SSSR count). The zero-order valence-corrected chi connectivity index (χ0v) is 23.4. The average molecular weight is 646 g/mol. The second-order valence-electron chi connectivity index (χ2n) is 7.77. The molecule has 0 saturated heterocycles. The molecular formula is C26H27Br2FO8. The van der Waals surface area contributed by atoms with Gasteiger partial charge in [-0.25, -0.2) is 9.18 Å². The summed E-state index contributed by atoms with van der Waals surface area (Å²) >= 11 is 6.87. The van der Waals surface area contributed by atoms with Crippen LogP contribution < -0.4 is 9.47 Å². The summed E-state index contributed by atoms with van der Waals surface area (Å²) in [6.07, 6.45) is 1.68. The summed E-state index contributed by atoms with van der Waals surface area (Å²) in [5.74, 6) is -0.512. The maximum absolute atomic E-state index is 14.3. The first-order chi connectivity index (χ1) is 17.9. The van der Waals surface area contributed by atoms with Gasteiger partial charge in [-0.15, -0.1) is 0 Å². The number of rotatable bonds is 14. The Morgan fingerprint density at radius 1 is 1.05 bits per heavy atom. The van der Waals surface area contributed by atoms with Gasteiger partial charge in [0.25, 0.3) is 0 Å². The molecule has 1 aliphatic rings. The van der Waals surface area contributed by atoms with Crippen molar-refractivity contribution in [2.24, 2.45) is 0 Å². The molecule has 8 nitrogen and oxygen atoms in total. The molecule has 0 amide bonds. The number of fused-ring (bicyclic) bond motifs is 1. The lowest BCUT2D eigenvalue weighted by atomic mass is 9.97. The van der Waals surface area contributed by atoms with E-state index in [9.17, 15) is 14.0 Å². The van der Waals surface area contributed by atoms with Crippen LogP contribution in [0.1, 0.15) is 21.5 Å². The van der Waals surface area contributed by atoms with Gasteiger partial charge in [-0.05, 0) is 57.4 Å². The summed E-state index contributed by atoms with van der Waals surface area (Å²) in [6, 6.07) is 8.10. The number of Topliss-reactive ketones (excluding diaryl/α,β-unsaturated/α-hetero) is 1. The number of carbonyl (C=O) groups is 2. The van der Waals surface area contributed by atoms with E-state index in [-0.39, 0.29) is 44.6 Å². The highest BCUT2D eigenvalue weighted by Crippen LogP contribution is 2.36. The van der Waals surface area contributed by atoms with Crippen LogP contribution in [0, 0.1) is 5.82 Å². The van der Waals surface area contributed by atoms with Gasteiger partial charge in [-0.3, -0.25) is 4.79 Å². The van der Waals surface area contributed by atoms with E-state index < -0.39 is 11.8 Å². The Bertz CT molecular complexity index is 1120. The minimum absolute atomic E-state index is 0.0610. The molecule has 0 aliphatic carbocycles. The number of benzene rings is 2. The van der Waals surface area contributed by atoms with Crippen molar-refractivity contribution >= 4 is 49.7 Å². The van der Waals surface area contributed by atoms with Gasteiger partial charge >= 0.3 is 5.97 Å². The maximum Gasteiger partial charge on any atom is 0.331 e. The van der Waals surface area contributed by atoms with Crippen molar-refractivity contribution in [3.05, 3.63) is 62.9 Å². The number of ether oxygens (including phenoxy) is 6. The Labute approximate surface area is 231 Å². The number of methoxy groups -OCH3 is 1. The van der Waals surface area contributed by atoms with Gasteiger partial charge < -0.3 is 28.4 Å². The Morgan fingerprint density at radius 2 is 1.76 bits per heavy atom. The highest BCUT2D eigenvalue weighted by Gasteiger charge is 2.26. The molecule has 1 aliphatic heterocycles. The third-order valence-corrected chi connectivity index (χ3v) is 6.38. The molecule has 0 atom stereocenters. The van der Waals surface area contributed by atoms with E-state index in [1.165, 1.54) is 19.2 Å². The number of alkyl halides is 1. The topological polar surface area (TPSA) is 89.5 Å². The first-order valence-electron chi connectivity index (χ1n) is 11.4. The van der Waals surface area contributed by atoms with Crippen LogP contribution in [0.15, 0.2) is 40.4 Å². The third-order valence-electron chi connectivity index (χ3n) is 5.14. The van der Waals surface area contributed by atoms with Crippen LogP contribution in [0.2, 0.25) is 0 Å². The molecule has 11 heteroatoms. The van der Waals surface area contributed by atoms with Crippen molar-refractivity contribution in [1.29, 1.82) is 0 Å². The van der Waals surface area contributed by atoms with Gasteiger partial charge in [0, 0.05) is 10.9 Å². The number of ketones is 1. The molecule has 37 heavy (non-hydrogen) atoms. The second kappa shape index (κ2) is 15.2. The van der Waals surface area contributed by atoms with Crippen LogP contribution in [0.5, 0.6) is 11.5 Å². The molecule has 0 bridgehead atoms. The number of esters is 1. The lowest BCUT2D eigenvalue weighted by molar-refractivity contribution is -0.146. The molecule has 1 heterocycles. The van der Waals surface area contributed by atoms with Crippen molar-refractivity contribution < 1.29 is 42.4 Å². The first-order valence-corrected chi connectivity index (χ1v) is 13.3. The van der Waals surface area contributed by atoms with Crippen LogP contribution in [-0.4, -0.2) is 71.7 Å². The molecule has 0 radical (unpaired) electrons. The molecule has 0 N–H and O–H groups in total. The molecule has 200 valence electrons. The predicted molar refractivity (Wildman–Crippen MR) is 141 cm³/mol. The largest absolute Gasteiger partial charge is 0.488 e. The van der Waals surface area contributed by atoms with E-state index in [2.05, 4.69) is 36.6 Å². The van der Waals surface area contributed by atoms with Crippen LogP contribution in [-0.2, 0) is 29.1 Å². The Hall–Kier alpha value is -2.31. The molecule has 0 unspecified atom stereocenters. The Morgan fingerprint density at radius 3 is 2.46 bits per heavy atom. The van der Waals surface area contributed by atoms with Gasteiger partial charge in [-0.1, -0.05) is 22.0 Å². The van der Waals surface area contributed by atoms with Crippen LogP contribution in [0.3, 0.4) is 0 Å². The van der Waals surface area contributed by atoms with Crippen molar-refractivity contribution in [3.8, 4) is 11.5 Å². The molecule has 0 spiro atoms. The smallest absolute Gasteiger partial charge is 0.331 e. The zero-order chi connectivity index (χ0) is 26.6. The minimum Gasteiger partial charge on any atom is -0.488 e. The molecule has 0 saturated carbocycles. The van der Waals surface area contributed by atoms with Crippen molar-refractivity contribution in [1.82, 2.24) is 0 Å². The first kappa shape index (κ1) is 29.2. The summed E-state index contributed by atoms with van der Waals surface area (Å²) in [5, 5.41) is 0.605. The fourth-order valence-electron chi connectivity index (χ4n) is 3.32. The monoisotopic (exact) mass is 644 g/mol. The Kier molecular flexibility index (Phi) is 12.0. The number of carbonyl (C=O) groups excluding carboxylic acids is 2. The van der Waals surface area contributed by atoms with E-state index in [0.29, 0.717) is 47.6 Å². The van der Waals surface area contributed by atoms with Crippen molar-refractivity contribution in [2.75, 3.05) is 60.0 Å². The van der Waals surface area contributed by atoms with Crippen molar-refractivity contribution in [3.63, 3.8) is 0 Å². The van der Waals surface area contributed by atoms with Gasteiger partial charge in [0.05, 0.1) is 50.2 Å². The van der Waals surface area contributed by atoms with E-state index in [1.54, 1.807) is 18.2 Å².